The molecule has 0 heterocycles. The monoisotopic (exact) mass is 179 g/mol. The molecule has 2 aliphatic rings. The number of nitrogens with zero attached hydrogens (tertiary/aromatic N) is 1. The molecular weight excluding hydrogens is 158 g/mol. The molecule has 0 saturated heterocycles. The van der Waals surface area contributed by atoms with E-state index in [0.717, 1.165) is 11.8 Å². The number of fused-ring (bicyclic) bond motifs is 2. The van der Waals surface area contributed by atoms with Crippen LogP contribution in [0.1, 0.15) is 40.0 Å². The number of hydrogen-bond donors (Lipinski definition) is 0. The van der Waals surface area contributed by atoms with Crippen molar-refractivity contribution >= 4 is 6.21 Å². The predicted molar refractivity (Wildman–Crippen MR) is 57.1 cm³/mol. The molecule has 0 aromatic rings. The Bertz CT molecular complexity index is 242. The van der Waals surface area contributed by atoms with E-state index < -0.39 is 0 Å². The van der Waals surface area contributed by atoms with Crippen LogP contribution in [0.15, 0.2) is 4.99 Å². The maximum Gasteiger partial charge on any atom is 0.0273 e. The van der Waals surface area contributed by atoms with Crippen molar-refractivity contribution in [2.45, 2.75) is 40.0 Å². The Balaban J connectivity index is 2.32. The summed E-state index contributed by atoms with van der Waals surface area (Å²) in [5.41, 5.74) is 1.07. The molecular formula is C12H21N. The first-order valence-corrected chi connectivity index (χ1v) is 5.44. The van der Waals surface area contributed by atoms with Crippen LogP contribution < -0.4 is 0 Å². The Kier molecular flexibility index (Phi) is 1.84. The number of aliphatic imine (C=N–C) groups is 1. The largest absolute Gasteiger partial charge is 0.301 e. The van der Waals surface area contributed by atoms with Gasteiger partial charge >= 0.3 is 0 Å². The molecule has 2 aliphatic carbocycles. The summed E-state index contributed by atoms with van der Waals surface area (Å²) in [6.07, 6.45) is 6.42. The molecule has 0 aliphatic heterocycles. The van der Waals surface area contributed by atoms with Crippen LogP contribution in [0.25, 0.3) is 0 Å². The molecule has 0 amide bonds. The summed E-state index contributed by atoms with van der Waals surface area (Å²) in [5, 5.41) is 0. The van der Waals surface area contributed by atoms with Crippen molar-refractivity contribution in [1.82, 2.24) is 0 Å². The van der Waals surface area contributed by atoms with Crippen molar-refractivity contribution in [2.75, 3.05) is 7.05 Å². The minimum atomic E-state index is 0.525. The third-order valence-corrected chi connectivity index (χ3v) is 5.19. The summed E-state index contributed by atoms with van der Waals surface area (Å²) >= 11 is 0. The molecule has 0 aromatic heterocycles. The molecule has 13 heavy (non-hydrogen) atoms. The smallest absolute Gasteiger partial charge is 0.0273 e. The highest BCUT2D eigenvalue weighted by atomic mass is 14.7. The van der Waals surface area contributed by atoms with Gasteiger partial charge in [0.15, 0.2) is 0 Å². The average molecular weight is 179 g/mol. The second-order valence-electron chi connectivity index (χ2n) is 5.62. The zero-order chi connectivity index (χ0) is 9.69. The molecule has 1 heteroatoms. The maximum atomic E-state index is 4.22. The van der Waals surface area contributed by atoms with Gasteiger partial charge in [-0.05, 0) is 41.9 Å². The molecule has 2 saturated carbocycles. The van der Waals surface area contributed by atoms with E-state index in [2.05, 4.69) is 32.0 Å². The van der Waals surface area contributed by atoms with E-state index in [0.29, 0.717) is 10.8 Å². The topological polar surface area (TPSA) is 12.4 Å². The van der Waals surface area contributed by atoms with Gasteiger partial charge in [0.2, 0.25) is 0 Å². The lowest BCUT2D eigenvalue weighted by atomic mass is 9.67. The lowest BCUT2D eigenvalue weighted by molar-refractivity contribution is 0.132. The third kappa shape index (κ3) is 0.963. The van der Waals surface area contributed by atoms with E-state index in [1.807, 2.05) is 7.05 Å². The second-order valence-corrected chi connectivity index (χ2v) is 5.62. The molecule has 3 atom stereocenters. The summed E-state index contributed by atoms with van der Waals surface area (Å²) in [5.74, 6) is 1.69. The van der Waals surface area contributed by atoms with Crippen molar-refractivity contribution in [3.05, 3.63) is 0 Å². The van der Waals surface area contributed by atoms with E-state index >= 15 is 0 Å². The van der Waals surface area contributed by atoms with Crippen molar-refractivity contribution < 1.29 is 0 Å². The molecule has 1 nitrogen and oxygen atoms in total. The van der Waals surface area contributed by atoms with Gasteiger partial charge in [0, 0.05) is 13.3 Å². The van der Waals surface area contributed by atoms with E-state index in [-0.39, 0.29) is 0 Å². The third-order valence-electron chi connectivity index (χ3n) is 5.19. The van der Waals surface area contributed by atoms with Gasteiger partial charge in [-0.2, -0.15) is 0 Å². The Hall–Kier alpha value is -0.330. The zero-order valence-electron chi connectivity index (χ0n) is 9.30. The SMILES string of the molecule is CN=CC1C[C@H]2CC[C@]1(C)C2(C)C. The van der Waals surface area contributed by atoms with Crippen LogP contribution in [-0.2, 0) is 0 Å². The Morgan fingerprint density at radius 3 is 2.38 bits per heavy atom. The normalized spacial score (nSPS) is 47.7. The first-order valence-electron chi connectivity index (χ1n) is 5.44. The van der Waals surface area contributed by atoms with Gasteiger partial charge in [0.1, 0.15) is 0 Å². The minimum Gasteiger partial charge on any atom is -0.301 e. The van der Waals surface area contributed by atoms with Crippen LogP contribution in [-0.4, -0.2) is 13.3 Å². The summed E-state index contributed by atoms with van der Waals surface area (Å²) in [4.78, 5) is 4.22. The molecule has 0 N–H and O–H groups in total. The van der Waals surface area contributed by atoms with Crippen LogP contribution >= 0.6 is 0 Å². The summed E-state index contributed by atoms with van der Waals surface area (Å²) in [6, 6.07) is 0. The molecule has 2 fully saturated rings. The van der Waals surface area contributed by atoms with E-state index in [4.69, 9.17) is 0 Å². The fourth-order valence-corrected chi connectivity index (χ4v) is 3.67. The fourth-order valence-electron chi connectivity index (χ4n) is 3.67. The fraction of sp³-hybridized carbons (Fsp3) is 0.917. The van der Waals surface area contributed by atoms with Gasteiger partial charge in [0.05, 0.1) is 0 Å². The Labute approximate surface area is 81.6 Å². The zero-order valence-corrected chi connectivity index (χ0v) is 9.30. The number of hydrogen-bond acceptors (Lipinski definition) is 1. The van der Waals surface area contributed by atoms with Crippen molar-refractivity contribution in [2.24, 2.45) is 27.7 Å². The predicted octanol–water partition coefficient (Wildman–Crippen LogP) is 3.15. The van der Waals surface area contributed by atoms with Crippen LogP contribution in [0.2, 0.25) is 0 Å². The van der Waals surface area contributed by atoms with Crippen molar-refractivity contribution in [3.8, 4) is 0 Å². The lowest BCUT2D eigenvalue weighted by Gasteiger charge is -2.37. The highest BCUT2D eigenvalue weighted by Gasteiger charge is 2.60. The average Bonchev–Trinajstić information content (AvgIpc) is 2.37. The maximum absolute atomic E-state index is 4.22. The van der Waals surface area contributed by atoms with E-state index in [1.165, 1.54) is 19.3 Å². The standard InChI is InChI=1S/C12H21N/c1-11(2)9-5-6-12(11,3)10(7-9)8-13-4/h8-10H,5-7H2,1-4H3/t9-,10?,12+/m1/s1. The van der Waals surface area contributed by atoms with Crippen LogP contribution in [0.5, 0.6) is 0 Å². The molecule has 2 rings (SSSR count). The molecule has 2 bridgehead atoms. The quantitative estimate of drug-likeness (QED) is 0.548. The van der Waals surface area contributed by atoms with Gasteiger partial charge in [-0.15, -0.1) is 0 Å². The molecule has 0 spiro atoms. The Morgan fingerprint density at radius 1 is 1.31 bits per heavy atom. The molecule has 0 radical (unpaired) electrons. The van der Waals surface area contributed by atoms with Crippen LogP contribution in [0, 0.1) is 22.7 Å². The highest BCUT2D eigenvalue weighted by molar-refractivity contribution is 5.63. The van der Waals surface area contributed by atoms with E-state index in [9.17, 15) is 0 Å². The van der Waals surface area contributed by atoms with Gasteiger partial charge in [-0.3, -0.25) is 0 Å². The summed E-state index contributed by atoms with van der Waals surface area (Å²) < 4.78 is 0. The number of rotatable bonds is 1. The van der Waals surface area contributed by atoms with Crippen molar-refractivity contribution in [3.63, 3.8) is 0 Å². The second kappa shape index (κ2) is 2.59. The minimum absolute atomic E-state index is 0.525. The van der Waals surface area contributed by atoms with Gasteiger partial charge in [-0.25, -0.2) is 0 Å². The lowest BCUT2D eigenvalue weighted by Crippen LogP contribution is -2.32. The van der Waals surface area contributed by atoms with Gasteiger partial charge in [0.25, 0.3) is 0 Å². The van der Waals surface area contributed by atoms with Crippen LogP contribution in [0.3, 0.4) is 0 Å². The molecule has 0 aromatic carbocycles. The first kappa shape index (κ1) is 9.23. The summed E-state index contributed by atoms with van der Waals surface area (Å²) in [7, 11) is 1.91. The van der Waals surface area contributed by atoms with Crippen molar-refractivity contribution in [1.29, 1.82) is 0 Å². The highest BCUT2D eigenvalue weighted by Crippen LogP contribution is 2.67. The molecule has 74 valence electrons. The van der Waals surface area contributed by atoms with Gasteiger partial charge < -0.3 is 4.99 Å². The van der Waals surface area contributed by atoms with Gasteiger partial charge in [-0.1, -0.05) is 20.8 Å². The van der Waals surface area contributed by atoms with E-state index in [1.54, 1.807) is 0 Å². The Morgan fingerprint density at radius 2 is 2.00 bits per heavy atom. The summed E-state index contributed by atoms with van der Waals surface area (Å²) in [6.45, 7) is 7.37. The van der Waals surface area contributed by atoms with Crippen LogP contribution in [0.4, 0.5) is 0 Å². The molecule has 1 unspecified atom stereocenters. The first-order chi connectivity index (χ1) is 6.02.